The molecule has 2 heteroatoms. The lowest BCUT2D eigenvalue weighted by atomic mass is 10.3. The zero-order valence-electron chi connectivity index (χ0n) is 6.63. The van der Waals surface area contributed by atoms with E-state index in [1.54, 1.807) is 7.11 Å². The molecule has 0 atom stereocenters. The molecular weight excluding hydrogens is 138 g/mol. The molecule has 0 unspecified atom stereocenters. The summed E-state index contributed by atoms with van der Waals surface area (Å²) in [7, 11) is 1.66. The lowest BCUT2D eigenvalue weighted by Crippen LogP contribution is -1.95. The highest BCUT2D eigenvalue weighted by molar-refractivity contribution is 5.46. The van der Waals surface area contributed by atoms with Gasteiger partial charge in [-0.05, 0) is 31.2 Å². The van der Waals surface area contributed by atoms with Crippen LogP contribution >= 0.6 is 0 Å². The molecule has 0 aliphatic rings. The van der Waals surface area contributed by atoms with Gasteiger partial charge in [-0.15, -0.1) is 0 Å². The molecule has 0 aromatic heterocycles. The van der Waals surface area contributed by atoms with Gasteiger partial charge < -0.3 is 10.1 Å². The van der Waals surface area contributed by atoms with Gasteiger partial charge in [0.15, 0.2) is 0 Å². The highest BCUT2D eigenvalue weighted by Crippen LogP contribution is 2.14. The van der Waals surface area contributed by atoms with Gasteiger partial charge in [0.2, 0.25) is 0 Å². The highest BCUT2D eigenvalue weighted by atomic mass is 16.5. The number of hydrogen-bond donors (Lipinski definition) is 1. The van der Waals surface area contributed by atoms with Gasteiger partial charge in [0.05, 0.1) is 7.11 Å². The minimum atomic E-state index is 0.701. The summed E-state index contributed by atoms with van der Waals surface area (Å²) >= 11 is 0. The summed E-state index contributed by atoms with van der Waals surface area (Å²) in [5, 5.41) is 3.09. The van der Waals surface area contributed by atoms with Crippen molar-refractivity contribution in [1.29, 1.82) is 0 Å². The fraction of sp³-hybridized carbons (Fsp3) is 0.222. The second-order valence-electron chi connectivity index (χ2n) is 2.16. The van der Waals surface area contributed by atoms with Crippen LogP contribution < -0.4 is 10.1 Å². The maximum atomic E-state index is 5.00. The molecule has 1 radical (unpaired) electrons. The van der Waals surface area contributed by atoms with E-state index < -0.39 is 0 Å². The Hall–Kier alpha value is -1.18. The summed E-state index contributed by atoms with van der Waals surface area (Å²) in [4.78, 5) is 0. The number of nitrogens with one attached hydrogen (secondary N) is 1. The monoisotopic (exact) mass is 150 g/mol. The molecule has 2 nitrogen and oxygen atoms in total. The van der Waals surface area contributed by atoms with E-state index in [2.05, 4.69) is 12.2 Å². The highest BCUT2D eigenvalue weighted by Gasteiger charge is 1.90. The van der Waals surface area contributed by atoms with Crippen LogP contribution in [0, 0.1) is 6.92 Å². The van der Waals surface area contributed by atoms with Crippen LogP contribution in [-0.2, 0) is 0 Å². The van der Waals surface area contributed by atoms with Gasteiger partial charge in [0.25, 0.3) is 0 Å². The zero-order valence-corrected chi connectivity index (χ0v) is 6.63. The zero-order chi connectivity index (χ0) is 8.10. The Labute approximate surface area is 67.2 Å². The second-order valence-corrected chi connectivity index (χ2v) is 2.16. The van der Waals surface area contributed by atoms with Gasteiger partial charge in [-0.1, -0.05) is 0 Å². The van der Waals surface area contributed by atoms with Crippen LogP contribution in [-0.4, -0.2) is 13.7 Å². The van der Waals surface area contributed by atoms with Crippen molar-refractivity contribution in [3.8, 4) is 5.75 Å². The number of methoxy groups -OCH3 is 1. The summed E-state index contributed by atoms with van der Waals surface area (Å²) in [5.74, 6) is 0.875. The average molecular weight is 150 g/mol. The van der Waals surface area contributed by atoms with E-state index in [0.717, 1.165) is 11.4 Å². The quantitative estimate of drug-likeness (QED) is 0.711. The van der Waals surface area contributed by atoms with E-state index in [0.29, 0.717) is 6.54 Å². The maximum absolute atomic E-state index is 5.00. The molecule has 0 aliphatic heterocycles. The molecule has 1 aromatic carbocycles. The summed E-state index contributed by atoms with van der Waals surface area (Å²) in [6.07, 6.45) is 0. The SMILES string of the molecule is [CH2]CNc1ccc(OC)cc1. The van der Waals surface area contributed by atoms with Crippen LogP contribution in [0.3, 0.4) is 0 Å². The van der Waals surface area contributed by atoms with Gasteiger partial charge in [-0.25, -0.2) is 0 Å². The second kappa shape index (κ2) is 3.86. The van der Waals surface area contributed by atoms with Gasteiger partial charge in [-0.3, -0.25) is 0 Å². The topological polar surface area (TPSA) is 21.3 Å². The van der Waals surface area contributed by atoms with Gasteiger partial charge >= 0.3 is 0 Å². The van der Waals surface area contributed by atoms with Crippen LogP contribution in [0.25, 0.3) is 0 Å². The molecule has 1 aromatic rings. The smallest absolute Gasteiger partial charge is 0.119 e. The summed E-state index contributed by atoms with van der Waals surface area (Å²) < 4.78 is 5.00. The van der Waals surface area contributed by atoms with Gasteiger partial charge in [0.1, 0.15) is 5.75 Å². The Bertz CT molecular complexity index is 205. The normalized spacial score (nSPS) is 9.27. The third kappa shape index (κ3) is 2.15. The van der Waals surface area contributed by atoms with Crippen molar-refractivity contribution in [3.63, 3.8) is 0 Å². The van der Waals surface area contributed by atoms with Crippen molar-refractivity contribution in [1.82, 2.24) is 0 Å². The molecule has 11 heavy (non-hydrogen) atoms. The van der Waals surface area contributed by atoms with Gasteiger partial charge in [-0.2, -0.15) is 0 Å². The molecule has 0 fully saturated rings. The van der Waals surface area contributed by atoms with Crippen molar-refractivity contribution < 1.29 is 4.74 Å². The lowest BCUT2D eigenvalue weighted by molar-refractivity contribution is 0.415. The minimum Gasteiger partial charge on any atom is -0.497 e. The van der Waals surface area contributed by atoms with Crippen molar-refractivity contribution in [2.45, 2.75) is 0 Å². The molecule has 0 bridgehead atoms. The Morgan fingerprint density at radius 2 is 2.00 bits per heavy atom. The Morgan fingerprint density at radius 1 is 1.36 bits per heavy atom. The van der Waals surface area contributed by atoms with Crippen LogP contribution in [0.15, 0.2) is 24.3 Å². The number of ether oxygens (including phenoxy) is 1. The number of rotatable bonds is 3. The molecule has 0 saturated carbocycles. The minimum absolute atomic E-state index is 0.701. The van der Waals surface area contributed by atoms with E-state index in [4.69, 9.17) is 4.74 Å². The fourth-order valence-electron chi connectivity index (χ4n) is 0.853. The Balaban J connectivity index is 2.66. The van der Waals surface area contributed by atoms with E-state index in [1.807, 2.05) is 24.3 Å². The first-order valence-corrected chi connectivity index (χ1v) is 3.54. The average Bonchev–Trinajstić information content (AvgIpc) is 2.07. The van der Waals surface area contributed by atoms with Crippen molar-refractivity contribution >= 4 is 5.69 Å². The van der Waals surface area contributed by atoms with E-state index >= 15 is 0 Å². The summed E-state index contributed by atoms with van der Waals surface area (Å²) in [5.41, 5.74) is 1.07. The van der Waals surface area contributed by atoms with Crippen LogP contribution in [0.2, 0.25) is 0 Å². The first-order valence-electron chi connectivity index (χ1n) is 3.54. The molecule has 0 saturated heterocycles. The predicted octanol–water partition coefficient (Wildman–Crippen LogP) is 1.94. The predicted molar refractivity (Wildman–Crippen MR) is 46.8 cm³/mol. The van der Waals surface area contributed by atoms with E-state index in [-0.39, 0.29) is 0 Å². The lowest BCUT2D eigenvalue weighted by Gasteiger charge is -2.03. The fourth-order valence-corrected chi connectivity index (χ4v) is 0.853. The molecule has 0 spiro atoms. The summed E-state index contributed by atoms with van der Waals surface area (Å²) in [6, 6.07) is 7.75. The van der Waals surface area contributed by atoms with Crippen molar-refractivity contribution in [2.75, 3.05) is 19.0 Å². The van der Waals surface area contributed by atoms with E-state index in [9.17, 15) is 0 Å². The maximum Gasteiger partial charge on any atom is 0.119 e. The first kappa shape index (κ1) is 7.92. The third-order valence-corrected chi connectivity index (χ3v) is 1.42. The van der Waals surface area contributed by atoms with Gasteiger partial charge in [0, 0.05) is 12.2 Å². The molecule has 59 valence electrons. The molecule has 0 aliphatic carbocycles. The Kier molecular flexibility index (Phi) is 2.78. The van der Waals surface area contributed by atoms with Crippen LogP contribution in [0.5, 0.6) is 5.75 Å². The van der Waals surface area contributed by atoms with Crippen LogP contribution in [0.1, 0.15) is 0 Å². The number of hydrogen-bond acceptors (Lipinski definition) is 2. The standard InChI is InChI=1S/C9H12NO/c1-3-10-8-4-6-9(11-2)7-5-8/h4-7,10H,1,3H2,2H3. The first-order chi connectivity index (χ1) is 5.36. The largest absolute Gasteiger partial charge is 0.497 e. The molecule has 0 heterocycles. The van der Waals surface area contributed by atoms with E-state index in [1.165, 1.54) is 0 Å². The molecule has 0 amide bonds. The summed E-state index contributed by atoms with van der Waals surface area (Å²) in [6.45, 7) is 4.38. The number of anilines is 1. The van der Waals surface area contributed by atoms with Crippen molar-refractivity contribution in [2.24, 2.45) is 0 Å². The van der Waals surface area contributed by atoms with Crippen LogP contribution in [0.4, 0.5) is 5.69 Å². The third-order valence-electron chi connectivity index (χ3n) is 1.42. The molecule has 1 rings (SSSR count). The van der Waals surface area contributed by atoms with Crippen molar-refractivity contribution in [3.05, 3.63) is 31.2 Å². The Morgan fingerprint density at radius 3 is 2.45 bits per heavy atom. The number of benzene rings is 1. The molecular formula is C9H12NO. The molecule has 1 N–H and O–H groups in total.